The Bertz CT molecular complexity index is 523. The highest BCUT2D eigenvalue weighted by Crippen LogP contribution is 2.14. The molecular formula is C13H16N4. The highest BCUT2D eigenvalue weighted by atomic mass is 15.0. The molecule has 88 valence electrons. The molecule has 0 aliphatic rings. The Morgan fingerprint density at radius 2 is 2.06 bits per heavy atom. The summed E-state index contributed by atoms with van der Waals surface area (Å²) in [5, 5.41) is 3.26. The molecule has 17 heavy (non-hydrogen) atoms. The average molecular weight is 228 g/mol. The summed E-state index contributed by atoms with van der Waals surface area (Å²) in [5.74, 6) is 0.833. The molecule has 0 fully saturated rings. The fourth-order valence-electron chi connectivity index (χ4n) is 1.53. The molecule has 2 aromatic heterocycles. The molecule has 0 unspecified atom stereocenters. The number of aryl methyl sites for hydroxylation is 2. The summed E-state index contributed by atoms with van der Waals surface area (Å²) in [5.41, 5.74) is 9.86. The Kier molecular flexibility index (Phi) is 3.23. The molecule has 0 bridgehead atoms. The van der Waals surface area contributed by atoms with Crippen molar-refractivity contribution in [3.05, 3.63) is 47.4 Å². The van der Waals surface area contributed by atoms with E-state index in [4.69, 9.17) is 5.73 Å². The zero-order chi connectivity index (χ0) is 12.3. The van der Waals surface area contributed by atoms with Crippen molar-refractivity contribution in [1.82, 2.24) is 9.97 Å². The van der Waals surface area contributed by atoms with Gasteiger partial charge in [0.05, 0.1) is 11.9 Å². The van der Waals surface area contributed by atoms with Crippen LogP contribution in [0.15, 0.2) is 30.7 Å². The smallest absolute Gasteiger partial charge is 0.126 e. The molecule has 4 nitrogen and oxygen atoms in total. The maximum atomic E-state index is 5.72. The summed E-state index contributed by atoms with van der Waals surface area (Å²) >= 11 is 0. The number of anilines is 2. The Morgan fingerprint density at radius 3 is 2.76 bits per heavy atom. The second-order valence-electron chi connectivity index (χ2n) is 4.08. The van der Waals surface area contributed by atoms with Crippen molar-refractivity contribution >= 4 is 11.5 Å². The molecule has 0 aliphatic heterocycles. The number of hydrogen-bond acceptors (Lipinski definition) is 4. The summed E-state index contributed by atoms with van der Waals surface area (Å²) in [7, 11) is 0. The van der Waals surface area contributed by atoms with Crippen LogP contribution in [0.1, 0.15) is 16.7 Å². The number of aromatic nitrogens is 2. The average Bonchev–Trinajstić information content (AvgIpc) is 2.32. The van der Waals surface area contributed by atoms with E-state index in [0.717, 1.165) is 17.9 Å². The van der Waals surface area contributed by atoms with Crippen molar-refractivity contribution in [3.63, 3.8) is 0 Å². The molecule has 2 aromatic rings. The SMILES string of the molecule is Cc1cc(NCc2cnccc2C)ncc1N. The van der Waals surface area contributed by atoms with Gasteiger partial charge >= 0.3 is 0 Å². The summed E-state index contributed by atoms with van der Waals surface area (Å²) in [6, 6.07) is 3.94. The third-order valence-corrected chi connectivity index (χ3v) is 2.76. The van der Waals surface area contributed by atoms with E-state index in [1.54, 1.807) is 12.4 Å². The van der Waals surface area contributed by atoms with Crippen molar-refractivity contribution in [1.29, 1.82) is 0 Å². The van der Waals surface area contributed by atoms with Gasteiger partial charge in [-0.25, -0.2) is 4.98 Å². The van der Waals surface area contributed by atoms with Crippen LogP contribution in [-0.4, -0.2) is 9.97 Å². The summed E-state index contributed by atoms with van der Waals surface area (Å²) in [6.45, 7) is 4.76. The quantitative estimate of drug-likeness (QED) is 0.846. The maximum absolute atomic E-state index is 5.72. The topological polar surface area (TPSA) is 63.8 Å². The number of pyridine rings is 2. The summed E-state index contributed by atoms with van der Waals surface area (Å²) < 4.78 is 0. The Hall–Kier alpha value is -2.10. The summed E-state index contributed by atoms with van der Waals surface area (Å²) in [6.07, 6.45) is 5.34. The third-order valence-electron chi connectivity index (χ3n) is 2.76. The first-order chi connectivity index (χ1) is 8.16. The fraction of sp³-hybridized carbons (Fsp3) is 0.231. The van der Waals surface area contributed by atoms with Gasteiger partial charge in [-0.1, -0.05) is 0 Å². The van der Waals surface area contributed by atoms with Crippen molar-refractivity contribution in [2.45, 2.75) is 20.4 Å². The van der Waals surface area contributed by atoms with Crippen LogP contribution in [0.4, 0.5) is 11.5 Å². The van der Waals surface area contributed by atoms with Crippen LogP contribution in [-0.2, 0) is 6.54 Å². The van der Waals surface area contributed by atoms with Gasteiger partial charge in [0.2, 0.25) is 0 Å². The van der Waals surface area contributed by atoms with Crippen LogP contribution in [0.2, 0.25) is 0 Å². The number of rotatable bonds is 3. The lowest BCUT2D eigenvalue weighted by molar-refractivity contribution is 1.06. The van der Waals surface area contributed by atoms with Crippen molar-refractivity contribution in [2.24, 2.45) is 0 Å². The molecule has 0 saturated carbocycles. The van der Waals surface area contributed by atoms with Gasteiger partial charge in [-0.05, 0) is 42.7 Å². The minimum Gasteiger partial charge on any atom is -0.397 e. The monoisotopic (exact) mass is 228 g/mol. The van der Waals surface area contributed by atoms with Crippen LogP contribution in [0.5, 0.6) is 0 Å². The van der Waals surface area contributed by atoms with E-state index >= 15 is 0 Å². The highest BCUT2D eigenvalue weighted by Gasteiger charge is 2.00. The van der Waals surface area contributed by atoms with Crippen molar-refractivity contribution < 1.29 is 0 Å². The molecule has 0 saturated heterocycles. The number of nitrogen functional groups attached to an aromatic ring is 1. The lowest BCUT2D eigenvalue weighted by atomic mass is 10.1. The van der Waals surface area contributed by atoms with Gasteiger partial charge in [0.25, 0.3) is 0 Å². The fourth-order valence-corrected chi connectivity index (χ4v) is 1.53. The highest BCUT2D eigenvalue weighted by molar-refractivity contribution is 5.51. The van der Waals surface area contributed by atoms with E-state index in [2.05, 4.69) is 22.2 Å². The van der Waals surface area contributed by atoms with Gasteiger partial charge in [-0.15, -0.1) is 0 Å². The van der Waals surface area contributed by atoms with Gasteiger partial charge in [0.1, 0.15) is 5.82 Å². The van der Waals surface area contributed by atoms with Crippen LogP contribution in [0.25, 0.3) is 0 Å². The maximum Gasteiger partial charge on any atom is 0.126 e. The predicted octanol–water partition coefficient (Wildman–Crippen LogP) is 2.29. The van der Waals surface area contributed by atoms with E-state index in [-0.39, 0.29) is 0 Å². The van der Waals surface area contributed by atoms with Gasteiger partial charge in [-0.2, -0.15) is 0 Å². The van der Waals surface area contributed by atoms with E-state index in [1.807, 2.05) is 25.3 Å². The second-order valence-corrected chi connectivity index (χ2v) is 4.08. The molecule has 0 aliphatic carbocycles. The van der Waals surface area contributed by atoms with E-state index in [1.165, 1.54) is 11.1 Å². The van der Waals surface area contributed by atoms with Gasteiger partial charge in [0.15, 0.2) is 0 Å². The Morgan fingerprint density at radius 1 is 1.24 bits per heavy atom. The van der Waals surface area contributed by atoms with Gasteiger partial charge < -0.3 is 11.1 Å². The van der Waals surface area contributed by atoms with E-state index < -0.39 is 0 Å². The lowest BCUT2D eigenvalue weighted by Gasteiger charge is -2.09. The zero-order valence-electron chi connectivity index (χ0n) is 10.1. The molecule has 0 amide bonds. The van der Waals surface area contributed by atoms with Gasteiger partial charge in [-0.3, -0.25) is 4.98 Å². The Labute approximate surface area is 101 Å². The largest absolute Gasteiger partial charge is 0.397 e. The molecule has 4 heteroatoms. The van der Waals surface area contributed by atoms with Crippen LogP contribution >= 0.6 is 0 Å². The van der Waals surface area contributed by atoms with Gasteiger partial charge in [0, 0.05) is 18.9 Å². The molecule has 0 radical (unpaired) electrons. The first kappa shape index (κ1) is 11.4. The molecular weight excluding hydrogens is 212 g/mol. The Balaban J connectivity index is 2.08. The minimum absolute atomic E-state index is 0.716. The van der Waals surface area contributed by atoms with Crippen molar-refractivity contribution in [2.75, 3.05) is 11.1 Å². The first-order valence-electron chi connectivity index (χ1n) is 5.52. The molecule has 0 atom stereocenters. The first-order valence-corrected chi connectivity index (χ1v) is 5.52. The number of hydrogen-bond donors (Lipinski definition) is 2. The minimum atomic E-state index is 0.716. The molecule has 3 N–H and O–H groups in total. The molecule has 0 spiro atoms. The summed E-state index contributed by atoms with van der Waals surface area (Å²) in [4.78, 5) is 8.34. The predicted molar refractivity (Wildman–Crippen MR) is 69.7 cm³/mol. The van der Waals surface area contributed by atoms with Crippen molar-refractivity contribution in [3.8, 4) is 0 Å². The second kappa shape index (κ2) is 4.82. The van der Waals surface area contributed by atoms with Crippen LogP contribution in [0.3, 0.4) is 0 Å². The standard InChI is InChI=1S/C13H16N4/c1-9-3-4-15-6-11(9)7-16-13-5-10(2)12(14)8-17-13/h3-6,8H,7,14H2,1-2H3,(H,16,17). The number of nitrogens with one attached hydrogen (secondary N) is 1. The zero-order valence-corrected chi connectivity index (χ0v) is 10.1. The normalized spacial score (nSPS) is 10.2. The molecule has 2 heterocycles. The van der Waals surface area contributed by atoms with Crippen LogP contribution < -0.4 is 11.1 Å². The van der Waals surface area contributed by atoms with E-state index in [9.17, 15) is 0 Å². The third kappa shape index (κ3) is 2.72. The van der Waals surface area contributed by atoms with E-state index in [0.29, 0.717) is 5.69 Å². The molecule has 2 rings (SSSR count). The van der Waals surface area contributed by atoms with Crippen LogP contribution in [0, 0.1) is 13.8 Å². The number of nitrogens with zero attached hydrogens (tertiary/aromatic N) is 2. The number of nitrogens with two attached hydrogens (primary N) is 1. The molecule has 0 aromatic carbocycles. The lowest BCUT2D eigenvalue weighted by Crippen LogP contribution is -2.04.